The minimum Gasteiger partial charge on any atom is -0.325 e. The van der Waals surface area contributed by atoms with E-state index in [1.54, 1.807) is 84.9 Å². The fourth-order valence-electron chi connectivity index (χ4n) is 4.75. The quantitative estimate of drug-likeness (QED) is 0.0406. The highest BCUT2D eigenvalue weighted by Crippen LogP contribution is 2.37. The zero-order valence-electron chi connectivity index (χ0n) is 26.2. The van der Waals surface area contributed by atoms with Crippen LogP contribution >= 0.6 is 11.8 Å². The van der Waals surface area contributed by atoms with Gasteiger partial charge >= 0.3 is 0 Å². The Labute approximate surface area is 286 Å². The number of benzene rings is 5. The Kier molecular flexibility index (Phi) is 11.1. The topological polar surface area (TPSA) is 148 Å². The first-order valence-electron chi connectivity index (χ1n) is 15.0. The molecule has 0 aliphatic carbocycles. The Balaban J connectivity index is 1.39. The second kappa shape index (κ2) is 16.0. The number of hydrogen-bond donors (Lipinski definition) is 3. The van der Waals surface area contributed by atoms with Gasteiger partial charge in [0.1, 0.15) is 10.9 Å². The van der Waals surface area contributed by atoms with Crippen molar-refractivity contribution in [2.75, 3.05) is 10.6 Å². The van der Waals surface area contributed by atoms with Crippen LogP contribution in [0.4, 0.5) is 17.1 Å². The molecule has 3 amide bonds. The average molecular weight is 671 g/mol. The fraction of sp³-hybridized carbons (Fsp3) is 0.0526. The maximum Gasteiger partial charge on any atom is 0.276 e. The van der Waals surface area contributed by atoms with E-state index in [9.17, 15) is 29.3 Å². The molecule has 49 heavy (non-hydrogen) atoms. The molecule has 5 rings (SSSR count). The molecule has 10 nitrogen and oxygen atoms in total. The van der Waals surface area contributed by atoms with Gasteiger partial charge in [-0.3, -0.25) is 29.3 Å². The van der Waals surface area contributed by atoms with Crippen molar-refractivity contribution in [3.63, 3.8) is 0 Å². The molecule has 0 saturated heterocycles. The molecule has 1 atom stereocenters. The lowest BCUT2D eigenvalue weighted by atomic mass is 10.1. The number of ketones is 1. The molecule has 0 spiro atoms. The Hall–Kier alpha value is -6.33. The normalized spacial score (nSPS) is 11.6. The summed E-state index contributed by atoms with van der Waals surface area (Å²) in [5.74, 6) is -1.65. The van der Waals surface area contributed by atoms with Crippen LogP contribution in [0.25, 0.3) is 6.08 Å². The van der Waals surface area contributed by atoms with E-state index >= 15 is 0 Å². The smallest absolute Gasteiger partial charge is 0.276 e. The van der Waals surface area contributed by atoms with E-state index < -0.39 is 22.0 Å². The minimum atomic E-state index is -0.712. The standard InChI is InChI=1S/C38H30N4O6S/c1-25(43)26-19-21-30(22-20-26)39-38(46)35(27-11-4-2-5-12-27)49-32-17-10-16-31(24-32)40-37(45)33(41-36(44)28-13-6-3-7-14-28)23-29-15-8-9-18-34(29)42(47)48/h2-24,35H,1H3,(H,39,46)(H,40,45)(H,41,44)/b33-23+. The third-order valence-corrected chi connectivity index (χ3v) is 8.46. The van der Waals surface area contributed by atoms with Crippen LogP contribution in [0, 0.1) is 10.1 Å². The molecule has 0 fully saturated rings. The first-order chi connectivity index (χ1) is 23.7. The van der Waals surface area contributed by atoms with Gasteiger partial charge in [-0.25, -0.2) is 0 Å². The highest BCUT2D eigenvalue weighted by molar-refractivity contribution is 8.00. The van der Waals surface area contributed by atoms with Gasteiger partial charge in [0.05, 0.1) is 10.5 Å². The van der Waals surface area contributed by atoms with E-state index in [-0.39, 0.29) is 28.6 Å². The van der Waals surface area contributed by atoms with Crippen LogP contribution in [0.15, 0.2) is 144 Å². The lowest BCUT2D eigenvalue weighted by Gasteiger charge is -2.18. The Morgan fingerprint density at radius 1 is 0.714 bits per heavy atom. The molecule has 0 saturated carbocycles. The fourth-order valence-corrected chi connectivity index (χ4v) is 5.84. The number of nitro benzene ring substituents is 1. The molecule has 0 radical (unpaired) electrons. The summed E-state index contributed by atoms with van der Waals surface area (Å²) in [6, 6.07) is 36.8. The number of nitrogens with one attached hydrogen (secondary N) is 3. The van der Waals surface area contributed by atoms with E-state index in [0.29, 0.717) is 27.4 Å². The molecule has 0 aromatic heterocycles. The number of para-hydroxylation sites is 1. The van der Waals surface area contributed by atoms with E-state index in [4.69, 9.17) is 0 Å². The molecule has 0 aliphatic heterocycles. The van der Waals surface area contributed by atoms with E-state index in [2.05, 4.69) is 16.0 Å². The zero-order chi connectivity index (χ0) is 34.8. The van der Waals surface area contributed by atoms with Crippen LogP contribution in [0.1, 0.15) is 44.0 Å². The van der Waals surface area contributed by atoms with Crippen molar-refractivity contribution in [1.82, 2.24) is 5.32 Å². The summed E-state index contributed by atoms with van der Waals surface area (Å²) in [7, 11) is 0. The van der Waals surface area contributed by atoms with Gasteiger partial charge in [-0.1, -0.05) is 66.7 Å². The molecule has 3 N–H and O–H groups in total. The van der Waals surface area contributed by atoms with Crippen LogP contribution < -0.4 is 16.0 Å². The maximum atomic E-state index is 13.6. The van der Waals surface area contributed by atoms with Gasteiger partial charge in [0.2, 0.25) is 5.91 Å². The van der Waals surface area contributed by atoms with Gasteiger partial charge in [0.25, 0.3) is 17.5 Å². The summed E-state index contributed by atoms with van der Waals surface area (Å²) >= 11 is 1.27. The van der Waals surface area contributed by atoms with Crippen molar-refractivity contribution < 1.29 is 24.1 Å². The maximum absolute atomic E-state index is 13.6. The second-order valence-electron chi connectivity index (χ2n) is 10.7. The highest BCUT2D eigenvalue weighted by atomic mass is 32.2. The molecular weight excluding hydrogens is 641 g/mol. The third kappa shape index (κ3) is 9.15. The lowest BCUT2D eigenvalue weighted by molar-refractivity contribution is -0.385. The van der Waals surface area contributed by atoms with Crippen molar-refractivity contribution >= 4 is 58.4 Å². The number of anilines is 2. The Bertz CT molecular complexity index is 2030. The van der Waals surface area contributed by atoms with Gasteiger partial charge in [-0.2, -0.15) is 0 Å². The SMILES string of the molecule is CC(=O)c1ccc(NC(=O)C(Sc2cccc(NC(=O)/C(=C\c3ccccc3[N+](=O)[O-])NC(=O)c3ccccc3)c2)c2ccccc2)cc1. The predicted molar refractivity (Wildman–Crippen MR) is 190 cm³/mol. The number of carbonyl (C=O) groups is 4. The van der Waals surface area contributed by atoms with Crippen LogP contribution in [-0.4, -0.2) is 28.4 Å². The molecule has 11 heteroatoms. The number of nitro groups is 1. The van der Waals surface area contributed by atoms with Gasteiger partial charge < -0.3 is 16.0 Å². The number of carbonyl (C=O) groups excluding carboxylic acids is 4. The van der Waals surface area contributed by atoms with Gasteiger partial charge in [-0.05, 0) is 79.2 Å². The van der Waals surface area contributed by atoms with Crippen LogP contribution in [0.2, 0.25) is 0 Å². The largest absolute Gasteiger partial charge is 0.325 e. The monoisotopic (exact) mass is 670 g/mol. The Morgan fingerprint density at radius 2 is 1.37 bits per heavy atom. The number of amides is 3. The molecular formula is C38H30N4O6S. The number of thioether (sulfide) groups is 1. The molecule has 244 valence electrons. The Morgan fingerprint density at radius 3 is 2.04 bits per heavy atom. The van der Waals surface area contributed by atoms with Gasteiger partial charge in [0, 0.05) is 33.5 Å². The summed E-state index contributed by atoms with van der Waals surface area (Å²) in [5.41, 5.74) is 2.16. The van der Waals surface area contributed by atoms with Crippen LogP contribution in [0.3, 0.4) is 0 Å². The first kappa shape index (κ1) is 34.0. The number of Topliss-reactive ketones (excluding diaryl/α,β-unsaturated/α-hetero) is 1. The second-order valence-corrected chi connectivity index (χ2v) is 11.9. The third-order valence-electron chi connectivity index (χ3n) is 7.21. The first-order valence-corrected chi connectivity index (χ1v) is 15.9. The number of rotatable bonds is 12. The minimum absolute atomic E-state index is 0.0786. The molecule has 0 heterocycles. The summed E-state index contributed by atoms with van der Waals surface area (Å²) in [5, 5.41) is 19.3. The predicted octanol–water partition coefficient (Wildman–Crippen LogP) is 7.68. The lowest BCUT2D eigenvalue weighted by Crippen LogP contribution is -2.30. The van der Waals surface area contributed by atoms with Crippen molar-refractivity contribution in [2.45, 2.75) is 17.1 Å². The van der Waals surface area contributed by atoms with E-state index in [1.807, 2.05) is 30.3 Å². The molecule has 5 aromatic rings. The molecule has 1 unspecified atom stereocenters. The van der Waals surface area contributed by atoms with Gasteiger partial charge in [0.15, 0.2) is 5.78 Å². The molecule has 5 aromatic carbocycles. The van der Waals surface area contributed by atoms with Crippen LogP contribution in [0.5, 0.6) is 0 Å². The molecule has 0 bridgehead atoms. The van der Waals surface area contributed by atoms with Crippen molar-refractivity contribution in [1.29, 1.82) is 0 Å². The summed E-state index contributed by atoms with van der Waals surface area (Å²) in [6.07, 6.45) is 1.26. The van der Waals surface area contributed by atoms with Gasteiger partial charge in [-0.15, -0.1) is 11.8 Å². The van der Waals surface area contributed by atoms with Crippen LogP contribution in [-0.2, 0) is 9.59 Å². The summed E-state index contributed by atoms with van der Waals surface area (Å²) in [4.78, 5) is 63.7. The van der Waals surface area contributed by atoms with E-state index in [0.717, 1.165) is 5.56 Å². The van der Waals surface area contributed by atoms with Crippen molar-refractivity contribution in [3.05, 3.63) is 172 Å². The van der Waals surface area contributed by atoms with Crippen molar-refractivity contribution in [2.24, 2.45) is 0 Å². The number of nitrogens with zero attached hydrogens (tertiary/aromatic N) is 1. The van der Waals surface area contributed by atoms with E-state index in [1.165, 1.54) is 43.0 Å². The average Bonchev–Trinajstić information content (AvgIpc) is 3.11. The van der Waals surface area contributed by atoms with Crippen molar-refractivity contribution in [3.8, 4) is 0 Å². The summed E-state index contributed by atoms with van der Waals surface area (Å²) < 4.78 is 0. The molecule has 0 aliphatic rings. The zero-order valence-corrected chi connectivity index (χ0v) is 27.0. The number of hydrogen-bond acceptors (Lipinski definition) is 7. The highest BCUT2D eigenvalue weighted by Gasteiger charge is 2.23. The summed E-state index contributed by atoms with van der Waals surface area (Å²) in [6.45, 7) is 1.47.